The summed E-state index contributed by atoms with van der Waals surface area (Å²) in [5, 5.41) is 7.14. The zero-order valence-electron chi connectivity index (χ0n) is 11.8. The summed E-state index contributed by atoms with van der Waals surface area (Å²) in [6, 6.07) is 5.59. The highest BCUT2D eigenvalue weighted by Gasteiger charge is 2.04. The number of hydrogen-bond acceptors (Lipinski definition) is 2. The van der Waals surface area contributed by atoms with E-state index in [9.17, 15) is 0 Å². The molecule has 106 valence electrons. The summed E-state index contributed by atoms with van der Waals surface area (Å²) in [5.41, 5.74) is 1.01. The van der Waals surface area contributed by atoms with Crippen LogP contribution < -0.4 is 15.4 Å². The summed E-state index contributed by atoms with van der Waals surface area (Å²) in [6.45, 7) is 6.47. The molecule has 2 N–H and O–H groups in total. The van der Waals surface area contributed by atoms with Crippen LogP contribution in [0.4, 0.5) is 0 Å². The Morgan fingerprint density at radius 2 is 2.11 bits per heavy atom. The number of ether oxygens (including phenoxy) is 1. The molecule has 0 heterocycles. The van der Waals surface area contributed by atoms with Gasteiger partial charge in [-0.2, -0.15) is 0 Å². The first-order valence-corrected chi connectivity index (χ1v) is 6.93. The largest absolute Gasteiger partial charge is 0.496 e. The van der Waals surface area contributed by atoms with E-state index in [-0.39, 0.29) is 0 Å². The summed E-state index contributed by atoms with van der Waals surface area (Å²) < 4.78 is 5.31. The molecule has 0 atom stereocenters. The van der Waals surface area contributed by atoms with Gasteiger partial charge in [0, 0.05) is 23.7 Å². The van der Waals surface area contributed by atoms with Crippen molar-refractivity contribution in [2.45, 2.75) is 26.8 Å². The molecule has 0 fully saturated rings. The molecular weight excluding hydrogens is 262 g/mol. The third-order valence-electron chi connectivity index (χ3n) is 2.54. The van der Waals surface area contributed by atoms with Crippen LogP contribution >= 0.6 is 11.6 Å². The van der Waals surface area contributed by atoms with Crippen molar-refractivity contribution in [3.05, 3.63) is 28.8 Å². The molecule has 0 aliphatic heterocycles. The number of rotatable bonds is 6. The molecule has 19 heavy (non-hydrogen) atoms. The van der Waals surface area contributed by atoms with Gasteiger partial charge in [-0.1, -0.05) is 24.6 Å². The van der Waals surface area contributed by atoms with E-state index < -0.39 is 0 Å². The standard InChI is InChI=1S/C14H22ClN3O/c1-4-8-17-14(16-5-2)18-10-11-6-7-12(15)9-13(11)19-3/h6-7,9H,4-5,8,10H2,1-3H3,(H2,16,17,18). The lowest BCUT2D eigenvalue weighted by Gasteiger charge is -2.11. The number of guanidine groups is 1. The summed E-state index contributed by atoms with van der Waals surface area (Å²) >= 11 is 5.94. The normalized spacial score (nSPS) is 11.3. The quantitative estimate of drug-likeness (QED) is 0.623. The van der Waals surface area contributed by atoms with Gasteiger partial charge in [0.2, 0.25) is 0 Å². The number of nitrogens with one attached hydrogen (secondary N) is 2. The lowest BCUT2D eigenvalue weighted by molar-refractivity contribution is 0.410. The topological polar surface area (TPSA) is 45.7 Å². The predicted molar refractivity (Wildman–Crippen MR) is 81.1 cm³/mol. The first-order valence-electron chi connectivity index (χ1n) is 6.55. The van der Waals surface area contributed by atoms with Crippen molar-refractivity contribution in [2.24, 2.45) is 4.99 Å². The van der Waals surface area contributed by atoms with Gasteiger partial charge in [-0.3, -0.25) is 0 Å². The van der Waals surface area contributed by atoms with Crippen LogP contribution in [0, 0.1) is 0 Å². The Kier molecular flexibility index (Phi) is 7.11. The van der Waals surface area contributed by atoms with Crippen LogP contribution in [0.3, 0.4) is 0 Å². The molecule has 5 heteroatoms. The fourth-order valence-electron chi connectivity index (χ4n) is 1.60. The van der Waals surface area contributed by atoms with Crippen molar-refractivity contribution < 1.29 is 4.74 Å². The molecule has 0 radical (unpaired) electrons. The molecule has 0 aliphatic rings. The predicted octanol–water partition coefficient (Wildman–Crippen LogP) is 2.81. The number of methoxy groups -OCH3 is 1. The molecular formula is C14H22ClN3O. The van der Waals surface area contributed by atoms with Crippen LogP contribution in [0.1, 0.15) is 25.8 Å². The molecule has 4 nitrogen and oxygen atoms in total. The lowest BCUT2D eigenvalue weighted by atomic mass is 10.2. The van der Waals surface area contributed by atoms with E-state index in [1.54, 1.807) is 13.2 Å². The molecule has 0 aliphatic carbocycles. The van der Waals surface area contributed by atoms with Crippen LogP contribution in [0.5, 0.6) is 5.75 Å². The van der Waals surface area contributed by atoms with Gasteiger partial charge in [-0.25, -0.2) is 4.99 Å². The van der Waals surface area contributed by atoms with Crippen molar-refractivity contribution >= 4 is 17.6 Å². The molecule has 0 spiro atoms. The Morgan fingerprint density at radius 3 is 2.74 bits per heavy atom. The van der Waals surface area contributed by atoms with Crippen LogP contribution in [-0.4, -0.2) is 26.2 Å². The number of benzene rings is 1. The van der Waals surface area contributed by atoms with Gasteiger partial charge in [0.25, 0.3) is 0 Å². The smallest absolute Gasteiger partial charge is 0.191 e. The molecule has 0 saturated heterocycles. The average Bonchev–Trinajstić information content (AvgIpc) is 2.42. The minimum Gasteiger partial charge on any atom is -0.496 e. The van der Waals surface area contributed by atoms with Gasteiger partial charge < -0.3 is 15.4 Å². The first-order chi connectivity index (χ1) is 9.21. The molecule has 0 aromatic heterocycles. The fourth-order valence-corrected chi connectivity index (χ4v) is 1.76. The number of hydrogen-bond donors (Lipinski definition) is 2. The van der Waals surface area contributed by atoms with Gasteiger partial charge in [-0.05, 0) is 25.5 Å². The maximum atomic E-state index is 5.94. The SMILES string of the molecule is CCCNC(=NCc1ccc(Cl)cc1OC)NCC. The first kappa shape index (κ1) is 15.6. The van der Waals surface area contributed by atoms with E-state index in [1.165, 1.54) is 0 Å². The van der Waals surface area contributed by atoms with Crippen molar-refractivity contribution in [1.82, 2.24) is 10.6 Å². The zero-order valence-corrected chi connectivity index (χ0v) is 12.5. The van der Waals surface area contributed by atoms with Crippen LogP contribution in [0.15, 0.2) is 23.2 Å². The van der Waals surface area contributed by atoms with E-state index in [4.69, 9.17) is 16.3 Å². The van der Waals surface area contributed by atoms with Gasteiger partial charge in [0.15, 0.2) is 5.96 Å². The van der Waals surface area contributed by atoms with E-state index in [1.807, 2.05) is 19.1 Å². The second-order valence-electron chi connectivity index (χ2n) is 4.08. The highest BCUT2D eigenvalue weighted by Crippen LogP contribution is 2.23. The Bertz CT molecular complexity index is 421. The number of nitrogens with zero attached hydrogens (tertiary/aromatic N) is 1. The van der Waals surface area contributed by atoms with Gasteiger partial charge in [0.1, 0.15) is 5.75 Å². The molecule has 1 aromatic carbocycles. The number of aliphatic imine (C=N–C) groups is 1. The van der Waals surface area contributed by atoms with E-state index in [0.29, 0.717) is 11.6 Å². The van der Waals surface area contributed by atoms with E-state index in [0.717, 1.165) is 36.8 Å². The molecule has 0 bridgehead atoms. The minimum atomic E-state index is 0.555. The molecule has 0 saturated carbocycles. The van der Waals surface area contributed by atoms with Crippen molar-refractivity contribution in [3.8, 4) is 5.75 Å². The third-order valence-corrected chi connectivity index (χ3v) is 2.78. The summed E-state index contributed by atoms with van der Waals surface area (Å²) in [7, 11) is 1.64. The lowest BCUT2D eigenvalue weighted by Crippen LogP contribution is -2.37. The van der Waals surface area contributed by atoms with Crippen molar-refractivity contribution in [3.63, 3.8) is 0 Å². The molecule has 0 unspecified atom stereocenters. The van der Waals surface area contributed by atoms with Gasteiger partial charge in [-0.15, -0.1) is 0 Å². The summed E-state index contributed by atoms with van der Waals surface area (Å²) in [5.74, 6) is 1.59. The second-order valence-corrected chi connectivity index (χ2v) is 4.51. The minimum absolute atomic E-state index is 0.555. The Labute approximate surface area is 120 Å². The molecule has 1 aromatic rings. The Morgan fingerprint density at radius 1 is 1.32 bits per heavy atom. The third kappa shape index (κ3) is 5.39. The summed E-state index contributed by atoms with van der Waals surface area (Å²) in [4.78, 5) is 4.53. The second kappa shape index (κ2) is 8.64. The molecule has 1 rings (SSSR count). The molecule has 0 amide bonds. The van der Waals surface area contributed by atoms with E-state index >= 15 is 0 Å². The monoisotopic (exact) mass is 283 g/mol. The highest BCUT2D eigenvalue weighted by molar-refractivity contribution is 6.30. The Balaban J connectivity index is 2.75. The fraction of sp³-hybridized carbons (Fsp3) is 0.500. The van der Waals surface area contributed by atoms with Crippen LogP contribution in [0.25, 0.3) is 0 Å². The summed E-state index contributed by atoms with van der Waals surface area (Å²) in [6.07, 6.45) is 1.06. The van der Waals surface area contributed by atoms with Gasteiger partial charge in [0.05, 0.1) is 13.7 Å². The number of halogens is 1. The van der Waals surface area contributed by atoms with Crippen LogP contribution in [-0.2, 0) is 6.54 Å². The van der Waals surface area contributed by atoms with E-state index in [2.05, 4.69) is 22.5 Å². The zero-order chi connectivity index (χ0) is 14.1. The Hall–Kier alpha value is -1.42. The van der Waals surface area contributed by atoms with Gasteiger partial charge >= 0.3 is 0 Å². The van der Waals surface area contributed by atoms with Crippen LogP contribution in [0.2, 0.25) is 5.02 Å². The van der Waals surface area contributed by atoms with Crippen molar-refractivity contribution in [2.75, 3.05) is 20.2 Å². The van der Waals surface area contributed by atoms with Crippen molar-refractivity contribution in [1.29, 1.82) is 0 Å². The maximum Gasteiger partial charge on any atom is 0.191 e. The highest BCUT2D eigenvalue weighted by atomic mass is 35.5. The average molecular weight is 284 g/mol. The maximum absolute atomic E-state index is 5.94.